The lowest BCUT2D eigenvalue weighted by molar-refractivity contribution is 0.571. The molecule has 6 nitrogen and oxygen atoms in total. The number of aryl methyl sites for hydroxylation is 1. The number of aromatic nitrogens is 3. The molecule has 3 aromatic rings. The first-order chi connectivity index (χ1) is 13.0. The Hall–Kier alpha value is -2.77. The number of benzene rings is 2. The van der Waals surface area contributed by atoms with E-state index >= 15 is 0 Å². The van der Waals surface area contributed by atoms with Crippen molar-refractivity contribution >= 4 is 16.1 Å². The highest BCUT2D eigenvalue weighted by molar-refractivity contribution is 7.93. The summed E-state index contributed by atoms with van der Waals surface area (Å²) in [7, 11) is -3.54. The smallest absolute Gasteiger partial charge is 0.223 e. The van der Waals surface area contributed by atoms with E-state index in [2.05, 4.69) is 14.8 Å². The van der Waals surface area contributed by atoms with E-state index in [0.29, 0.717) is 11.3 Å². The Kier molecular flexibility index (Phi) is 4.63. The van der Waals surface area contributed by atoms with Crippen molar-refractivity contribution in [2.45, 2.75) is 25.8 Å². The van der Waals surface area contributed by atoms with Crippen molar-refractivity contribution in [3.63, 3.8) is 0 Å². The van der Waals surface area contributed by atoms with E-state index in [1.807, 2.05) is 55.5 Å². The number of nitrogens with zero attached hydrogens (tertiary/aromatic N) is 3. The second kappa shape index (κ2) is 7.09. The standard InChI is InChI=1S/C20H20N4O2S/c1-15(16-6-9-19(10-7-16)24-14-21-13-22-24)23-27(25,26)20-11-8-17-4-2-3-5-18(17)12-20/h2-7,9-10,12-15,23H,8,11H2,1H3. The van der Waals surface area contributed by atoms with Crippen LogP contribution in [0, 0.1) is 0 Å². The normalized spacial score (nSPS) is 15.1. The van der Waals surface area contributed by atoms with Crippen LogP contribution >= 0.6 is 0 Å². The summed E-state index contributed by atoms with van der Waals surface area (Å²) in [6.07, 6.45) is 6.13. The molecular formula is C20H20N4O2S. The summed E-state index contributed by atoms with van der Waals surface area (Å²) >= 11 is 0. The van der Waals surface area contributed by atoms with Crippen molar-refractivity contribution < 1.29 is 8.42 Å². The van der Waals surface area contributed by atoms with Crippen LogP contribution in [0.15, 0.2) is 66.1 Å². The Bertz CT molecular complexity index is 1070. The van der Waals surface area contributed by atoms with Gasteiger partial charge in [0.05, 0.1) is 10.6 Å². The van der Waals surface area contributed by atoms with E-state index < -0.39 is 10.0 Å². The predicted octanol–water partition coefficient (Wildman–Crippen LogP) is 3.24. The number of hydrogen-bond donors (Lipinski definition) is 1. The second-order valence-corrected chi connectivity index (χ2v) is 8.35. The maximum Gasteiger partial charge on any atom is 0.237 e. The molecule has 1 atom stereocenters. The number of sulfonamides is 1. The largest absolute Gasteiger partial charge is 0.237 e. The molecular weight excluding hydrogens is 360 g/mol. The first-order valence-electron chi connectivity index (χ1n) is 8.79. The van der Waals surface area contributed by atoms with Crippen molar-refractivity contribution in [2.24, 2.45) is 0 Å². The van der Waals surface area contributed by atoms with Crippen molar-refractivity contribution in [2.75, 3.05) is 0 Å². The van der Waals surface area contributed by atoms with Crippen LogP contribution in [0.2, 0.25) is 0 Å². The highest BCUT2D eigenvalue weighted by Gasteiger charge is 2.23. The molecule has 1 N–H and O–H groups in total. The zero-order valence-electron chi connectivity index (χ0n) is 14.9. The van der Waals surface area contributed by atoms with E-state index in [9.17, 15) is 8.42 Å². The van der Waals surface area contributed by atoms with Crippen LogP contribution in [-0.4, -0.2) is 23.2 Å². The average molecular weight is 380 g/mol. The molecule has 4 rings (SSSR count). The third kappa shape index (κ3) is 3.70. The summed E-state index contributed by atoms with van der Waals surface area (Å²) in [5.74, 6) is 0. The highest BCUT2D eigenvalue weighted by Crippen LogP contribution is 2.27. The van der Waals surface area contributed by atoms with Gasteiger partial charge in [-0.2, -0.15) is 5.10 Å². The van der Waals surface area contributed by atoms with Gasteiger partial charge in [0, 0.05) is 6.04 Å². The maximum atomic E-state index is 12.8. The first kappa shape index (κ1) is 17.6. The summed E-state index contributed by atoms with van der Waals surface area (Å²) in [5.41, 5.74) is 3.93. The van der Waals surface area contributed by atoms with Crippen LogP contribution < -0.4 is 4.72 Å². The molecule has 1 unspecified atom stereocenters. The van der Waals surface area contributed by atoms with Gasteiger partial charge >= 0.3 is 0 Å². The Morgan fingerprint density at radius 2 is 1.85 bits per heavy atom. The van der Waals surface area contributed by atoms with Crippen molar-refractivity contribution in [3.05, 3.63) is 82.8 Å². The van der Waals surface area contributed by atoms with Gasteiger partial charge in [-0.05, 0) is 54.7 Å². The number of allylic oxidation sites excluding steroid dienone is 1. The van der Waals surface area contributed by atoms with Gasteiger partial charge in [0.1, 0.15) is 12.7 Å². The summed E-state index contributed by atoms with van der Waals surface area (Å²) < 4.78 is 30.1. The zero-order valence-corrected chi connectivity index (χ0v) is 15.7. The Morgan fingerprint density at radius 3 is 2.59 bits per heavy atom. The number of rotatable bonds is 5. The molecule has 138 valence electrons. The van der Waals surface area contributed by atoms with Crippen molar-refractivity contribution in [3.8, 4) is 5.69 Å². The molecule has 0 spiro atoms. The molecule has 0 saturated heterocycles. The third-order valence-electron chi connectivity index (χ3n) is 4.77. The molecule has 0 saturated carbocycles. The number of fused-ring (bicyclic) bond motifs is 1. The number of nitrogens with one attached hydrogen (secondary N) is 1. The molecule has 1 aromatic heterocycles. The van der Waals surface area contributed by atoms with E-state index in [1.165, 1.54) is 11.9 Å². The van der Waals surface area contributed by atoms with Gasteiger partial charge in [-0.3, -0.25) is 0 Å². The van der Waals surface area contributed by atoms with E-state index in [1.54, 1.807) is 17.1 Å². The first-order valence-corrected chi connectivity index (χ1v) is 10.3. The van der Waals surface area contributed by atoms with Gasteiger partial charge in [0.15, 0.2) is 0 Å². The monoisotopic (exact) mass is 380 g/mol. The number of hydrogen-bond acceptors (Lipinski definition) is 4. The van der Waals surface area contributed by atoms with Gasteiger partial charge in [0.25, 0.3) is 0 Å². The van der Waals surface area contributed by atoms with Crippen LogP contribution in [0.4, 0.5) is 0 Å². The van der Waals surface area contributed by atoms with Crippen molar-refractivity contribution in [1.29, 1.82) is 0 Å². The van der Waals surface area contributed by atoms with Gasteiger partial charge in [-0.15, -0.1) is 0 Å². The Morgan fingerprint density at radius 1 is 1.07 bits per heavy atom. The molecule has 1 heterocycles. The lowest BCUT2D eigenvalue weighted by atomic mass is 9.98. The quantitative estimate of drug-likeness (QED) is 0.737. The minimum Gasteiger partial charge on any atom is -0.223 e. The fourth-order valence-electron chi connectivity index (χ4n) is 3.25. The zero-order chi connectivity index (χ0) is 18.9. The SMILES string of the molecule is CC(NS(=O)(=O)C1=Cc2ccccc2CC1)c1ccc(-n2cncn2)cc1. The van der Waals surface area contributed by atoms with Crippen molar-refractivity contribution in [1.82, 2.24) is 19.5 Å². The molecule has 27 heavy (non-hydrogen) atoms. The lowest BCUT2D eigenvalue weighted by Gasteiger charge is -2.20. The molecule has 0 fully saturated rings. The molecule has 1 aliphatic carbocycles. The molecule has 0 aliphatic heterocycles. The van der Waals surface area contributed by atoms with E-state index in [0.717, 1.165) is 23.2 Å². The molecule has 7 heteroatoms. The van der Waals surface area contributed by atoms with Gasteiger partial charge in [0.2, 0.25) is 10.0 Å². The minimum atomic E-state index is -3.54. The van der Waals surface area contributed by atoms with E-state index in [-0.39, 0.29) is 6.04 Å². The maximum absolute atomic E-state index is 12.8. The average Bonchev–Trinajstić information content (AvgIpc) is 3.22. The highest BCUT2D eigenvalue weighted by atomic mass is 32.2. The lowest BCUT2D eigenvalue weighted by Crippen LogP contribution is -2.28. The fraction of sp³-hybridized carbons (Fsp3) is 0.200. The fourth-order valence-corrected chi connectivity index (χ4v) is 4.66. The third-order valence-corrected chi connectivity index (χ3v) is 6.44. The predicted molar refractivity (Wildman–Crippen MR) is 105 cm³/mol. The van der Waals surface area contributed by atoms with E-state index in [4.69, 9.17) is 0 Å². The summed E-state index contributed by atoms with van der Waals surface area (Å²) in [5, 5.41) is 4.09. The van der Waals surface area contributed by atoms with Gasteiger partial charge < -0.3 is 0 Å². The van der Waals surface area contributed by atoms with Gasteiger partial charge in [-0.1, -0.05) is 36.4 Å². The van der Waals surface area contributed by atoms with Gasteiger partial charge in [-0.25, -0.2) is 22.8 Å². The molecule has 2 aromatic carbocycles. The summed E-state index contributed by atoms with van der Waals surface area (Å²) in [6, 6.07) is 15.2. The molecule has 0 bridgehead atoms. The van der Waals surface area contributed by atoms with Crippen LogP contribution in [0.1, 0.15) is 36.1 Å². The molecule has 0 radical (unpaired) electrons. The van der Waals surface area contributed by atoms with Crippen LogP contribution in [0.25, 0.3) is 11.8 Å². The second-order valence-electron chi connectivity index (χ2n) is 6.58. The van der Waals surface area contributed by atoms with Crippen LogP contribution in [0.3, 0.4) is 0 Å². The summed E-state index contributed by atoms with van der Waals surface area (Å²) in [6.45, 7) is 1.85. The molecule has 0 amide bonds. The minimum absolute atomic E-state index is 0.335. The van der Waals surface area contributed by atoms with Crippen LogP contribution in [-0.2, 0) is 16.4 Å². The summed E-state index contributed by atoms with van der Waals surface area (Å²) in [4.78, 5) is 4.36. The topological polar surface area (TPSA) is 76.9 Å². The van der Waals surface area contributed by atoms with Crippen LogP contribution in [0.5, 0.6) is 0 Å². The Balaban J connectivity index is 1.52. The molecule has 1 aliphatic rings. The Labute approximate surface area is 158 Å².